The van der Waals surface area contributed by atoms with Gasteiger partial charge in [-0.3, -0.25) is 14.4 Å². The molecule has 130 valence electrons. The van der Waals surface area contributed by atoms with Gasteiger partial charge in [0.15, 0.2) is 12.6 Å². The Morgan fingerprint density at radius 1 is 1.50 bits per heavy atom. The smallest absolute Gasteiger partial charge is 0.312 e. The molecule has 0 radical (unpaired) electrons. The normalized spacial score (nSPS) is 20.2. The van der Waals surface area contributed by atoms with Gasteiger partial charge in [-0.1, -0.05) is 11.6 Å². The maximum Gasteiger partial charge on any atom is 0.312 e. The van der Waals surface area contributed by atoms with E-state index in [1.165, 1.54) is 19.2 Å². The molecule has 1 aromatic carbocycles. The second-order valence-corrected chi connectivity index (χ2v) is 5.79. The van der Waals surface area contributed by atoms with Crippen molar-refractivity contribution in [2.75, 3.05) is 32.1 Å². The average Bonchev–Trinajstić information content (AvgIpc) is 2.54. The third kappa shape index (κ3) is 4.65. The first kappa shape index (κ1) is 18.2. The van der Waals surface area contributed by atoms with Crippen molar-refractivity contribution in [2.24, 2.45) is 0 Å². The van der Waals surface area contributed by atoms with Gasteiger partial charge in [-0.05, 0) is 18.2 Å². The number of carbonyl (C=O) groups excluding carboxylic acids is 3. The maximum atomic E-state index is 13.1. The molecule has 3 N–H and O–H groups in total. The largest absolute Gasteiger partial charge is 0.469 e. The minimum Gasteiger partial charge on any atom is -0.469 e. The van der Waals surface area contributed by atoms with Crippen molar-refractivity contribution >= 4 is 35.1 Å². The topological polar surface area (TPSA) is 88.9 Å². The molecule has 0 aliphatic carbocycles. The molecule has 1 aliphatic rings. The second kappa shape index (κ2) is 8.07. The summed E-state index contributed by atoms with van der Waals surface area (Å²) in [6.45, 7) is 0.913. The van der Waals surface area contributed by atoms with Gasteiger partial charge in [-0.15, -0.1) is 0 Å². The van der Waals surface area contributed by atoms with Gasteiger partial charge in [0.05, 0.1) is 25.2 Å². The Balaban J connectivity index is 2.00. The van der Waals surface area contributed by atoms with E-state index in [1.54, 1.807) is 0 Å². The summed E-state index contributed by atoms with van der Waals surface area (Å²) in [5.74, 6) is -1.75. The molecule has 0 spiro atoms. The summed E-state index contributed by atoms with van der Waals surface area (Å²) in [5.41, 5.74) is 0.358. The molecule has 1 saturated heterocycles. The summed E-state index contributed by atoms with van der Waals surface area (Å²) >= 11 is 5.67. The number of nitrogens with one attached hydrogen (secondary N) is 3. The van der Waals surface area contributed by atoms with Crippen molar-refractivity contribution in [2.45, 2.75) is 12.5 Å². The van der Waals surface area contributed by atoms with E-state index in [1.807, 2.05) is 0 Å². The molecule has 1 fully saturated rings. The van der Waals surface area contributed by atoms with Crippen molar-refractivity contribution < 1.29 is 28.4 Å². The highest BCUT2D eigenvalue weighted by Gasteiger charge is 2.36. The molecule has 1 aliphatic heterocycles. The zero-order valence-electron chi connectivity index (χ0n) is 13.0. The molecular weight excluding hydrogens is 341 g/mol. The van der Waals surface area contributed by atoms with Gasteiger partial charge >= 0.3 is 5.97 Å². The van der Waals surface area contributed by atoms with Crippen LogP contribution in [0, 0.1) is 5.82 Å². The number of anilines is 1. The monoisotopic (exact) mass is 358 g/mol. The third-order valence-electron chi connectivity index (χ3n) is 3.74. The molecule has 7 nitrogen and oxygen atoms in total. The van der Waals surface area contributed by atoms with Crippen LogP contribution in [0.2, 0.25) is 5.02 Å². The van der Waals surface area contributed by atoms with Crippen molar-refractivity contribution in [3.8, 4) is 0 Å². The van der Waals surface area contributed by atoms with Crippen LogP contribution in [0.25, 0.3) is 0 Å². The quantitative estimate of drug-likeness (QED) is 0.611. The Kier molecular flexibility index (Phi) is 6.10. The number of ether oxygens (including phenoxy) is 1. The highest BCUT2D eigenvalue weighted by Crippen LogP contribution is 2.19. The molecule has 2 rings (SSSR count). The average molecular weight is 359 g/mol. The van der Waals surface area contributed by atoms with Gasteiger partial charge in [0.2, 0.25) is 0 Å². The SMILES string of the molecule is COC(=O)C[C@H]1C(=O)NCC[NH+]1CC(=O)Nc1ccc(F)c(Cl)c1. The van der Waals surface area contributed by atoms with E-state index in [2.05, 4.69) is 15.4 Å². The second-order valence-electron chi connectivity index (χ2n) is 5.39. The van der Waals surface area contributed by atoms with Crippen molar-refractivity contribution in [1.29, 1.82) is 0 Å². The first-order valence-corrected chi connectivity index (χ1v) is 7.72. The number of methoxy groups -OCH3 is 1. The Labute approximate surface area is 143 Å². The van der Waals surface area contributed by atoms with Crippen LogP contribution in [0.5, 0.6) is 0 Å². The fourth-order valence-corrected chi connectivity index (χ4v) is 2.69. The van der Waals surface area contributed by atoms with Crippen LogP contribution < -0.4 is 15.5 Å². The molecule has 2 amide bonds. The first-order valence-electron chi connectivity index (χ1n) is 7.34. The molecule has 1 heterocycles. The number of halogens is 2. The molecule has 1 aromatic rings. The predicted octanol–water partition coefficient (Wildman–Crippen LogP) is -0.636. The predicted molar refractivity (Wildman–Crippen MR) is 84.2 cm³/mol. The van der Waals surface area contributed by atoms with E-state index in [9.17, 15) is 18.8 Å². The lowest BCUT2D eigenvalue weighted by Crippen LogP contribution is -3.20. The zero-order chi connectivity index (χ0) is 17.7. The standard InChI is InChI=1S/C15H17ClFN3O4/c1-24-14(22)7-12-15(23)18-4-5-20(12)8-13(21)19-9-2-3-11(17)10(16)6-9/h2-3,6,12H,4-5,7-8H2,1H3,(H,18,23)(H,19,21)/p+1/t12-/m0/s1. The molecule has 9 heteroatoms. The highest BCUT2D eigenvalue weighted by atomic mass is 35.5. The maximum absolute atomic E-state index is 13.1. The molecular formula is C15H18ClFN3O4+. The fraction of sp³-hybridized carbons (Fsp3) is 0.400. The highest BCUT2D eigenvalue weighted by molar-refractivity contribution is 6.31. The summed E-state index contributed by atoms with van der Waals surface area (Å²) < 4.78 is 17.7. The third-order valence-corrected chi connectivity index (χ3v) is 4.03. The van der Waals surface area contributed by atoms with Crippen LogP contribution in [0.15, 0.2) is 18.2 Å². The van der Waals surface area contributed by atoms with Gasteiger partial charge in [0.1, 0.15) is 12.2 Å². The van der Waals surface area contributed by atoms with E-state index in [4.69, 9.17) is 11.6 Å². The van der Waals surface area contributed by atoms with Crippen LogP contribution in [0.4, 0.5) is 10.1 Å². The van der Waals surface area contributed by atoms with Crippen LogP contribution in [0.1, 0.15) is 6.42 Å². The number of amides is 2. The van der Waals surface area contributed by atoms with E-state index < -0.39 is 17.8 Å². The molecule has 0 saturated carbocycles. The lowest BCUT2D eigenvalue weighted by Gasteiger charge is -2.30. The van der Waals surface area contributed by atoms with Crippen LogP contribution in [-0.4, -0.2) is 50.6 Å². The lowest BCUT2D eigenvalue weighted by atomic mass is 10.1. The van der Waals surface area contributed by atoms with Gasteiger partial charge in [0.25, 0.3) is 11.8 Å². The first-order chi connectivity index (χ1) is 11.4. The number of benzene rings is 1. The van der Waals surface area contributed by atoms with E-state index in [0.717, 1.165) is 6.07 Å². The van der Waals surface area contributed by atoms with E-state index in [0.29, 0.717) is 23.7 Å². The van der Waals surface area contributed by atoms with Gasteiger partial charge in [0, 0.05) is 5.69 Å². The van der Waals surface area contributed by atoms with Crippen molar-refractivity contribution in [3.05, 3.63) is 29.0 Å². The number of esters is 1. The number of carbonyl (C=O) groups is 3. The molecule has 1 unspecified atom stereocenters. The van der Waals surface area contributed by atoms with Crippen molar-refractivity contribution in [3.63, 3.8) is 0 Å². The Morgan fingerprint density at radius 3 is 2.92 bits per heavy atom. The van der Waals surface area contributed by atoms with Crippen LogP contribution >= 0.6 is 11.6 Å². The van der Waals surface area contributed by atoms with Gasteiger partial charge in [-0.25, -0.2) is 4.39 Å². The van der Waals surface area contributed by atoms with Crippen LogP contribution in [0.3, 0.4) is 0 Å². The summed E-state index contributed by atoms with van der Waals surface area (Å²) in [6.07, 6.45) is -0.104. The van der Waals surface area contributed by atoms with E-state index >= 15 is 0 Å². The summed E-state index contributed by atoms with van der Waals surface area (Å²) in [7, 11) is 1.24. The van der Waals surface area contributed by atoms with Gasteiger partial charge in [-0.2, -0.15) is 0 Å². The number of rotatable bonds is 5. The fourth-order valence-electron chi connectivity index (χ4n) is 2.51. The van der Waals surface area contributed by atoms with Gasteiger partial charge < -0.3 is 20.3 Å². The van der Waals surface area contributed by atoms with E-state index in [-0.39, 0.29) is 29.8 Å². The Bertz CT molecular complexity index is 656. The van der Waals surface area contributed by atoms with Crippen molar-refractivity contribution in [1.82, 2.24) is 5.32 Å². The Hall–Kier alpha value is -2.19. The Morgan fingerprint density at radius 2 is 2.25 bits per heavy atom. The number of hydrogen-bond acceptors (Lipinski definition) is 4. The minimum atomic E-state index is -0.686. The summed E-state index contributed by atoms with van der Waals surface area (Å²) in [4.78, 5) is 36.2. The number of hydrogen-bond donors (Lipinski definition) is 3. The summed E-state index contributed by atoms with van der Waals surface area (Å²) in [6, 6.07) is 3.16. The summed E-state index contributed by atoms with van der Waals surface area (Å²) in [5, 5.41) is 5.17. The molecule has 0 aromatic heterocycles. The van der Waals surface area contributed by atoms with Crippen LogP contribution in [-0.2, 0) is 19.1 Å². The zero-order valence-corrected chi connectivity index (χ0v) is 13.8. The molecule has 0 bridgehead atoms. The molecule has 24 heavy (non-hydrogen) atoms. The number of piperazine rings is 1. The minimum absolute atomic E-state index is 0.00984. The number of quaternary nitrogens is 1. The molecule has 2 atom stereocenters. The lowest BCUT2D eigenvalue weighted by molar-refractivity contribution is -0.909.